The van der Waals surface area contributed by atoms with Crippen molar-refractivity contribution in [1.82, 2.24) is 9.97 Å². The van der Waals surface area contributed by atoms with Crippen LogP contribution in [0.15, 0.2) is 52.8 Å². The van der Waals surface area contributed by atoms with Crippen LogP contribution in [-0.4, -0.2) is 27.7 Å². The summed E-state index contributed by atoms with van der Waals surface area (Å²) in [7, 11) is 0. The summed E-state index contributed by atoms with van der Waals surface area (Å²) in [5, 5.41) is 19.1. The summed E-state index contributed by atoms with van der Waals surface area (Å²) in [6.45, 7) is 6.39. The molecule has 162 valence electrons. The molecular weight excluding hydrogens is 392 g/mol. The zero-order valence-corrected chi connectivity index (χ0v) is 18.2. The van der Waals surface area contributed by atoms with Gasteiger partial charge in [0.1, 0.15) is 17.0 Å². The van der Waals surface area contributed by atoms with Crippen LogP contribution in [0.5, 0.6) is 5.75 Å². The second-order valence-corrected chi connectivity index (χ2v) is 7.52. The minimum atomic E-state index is -0.429. The molecule has 0 fully saturated rings. The highest BCUT2D eigenvalue weighted by Crippen LogP contribution is 2.33. The number of esters is 1. The summed E-state index contributed by atoms with van der Waals surface area (Å²) < 4.78 is 5.57. The van der Waals surface area contributed by atoms with E-state index in [9.17, 15) is 9.90 Å². The Hall–Kier alpha value is -3.35. The lowest BCUT2D eigenvalue weighted by molar-refractivity contribution is 0.0427. The number of phenolic OH excluding ortho intramolecular Hbond substituents is 1. The lowest BCUT2D eigenvalue weighted by Crippen LogP contribution is -2.15. The number of aromatic nitrogens is 2. The first kappa shape index (κ1) is 22.3. The normalized spacial score (nSPS) is 12.4. The molecule has 3 rings (SSSR count). The molecule has 0 saturated carbocycles. The van der Waals surface area contributed by atoms with Crippen molar-refractivity contribution in [3.8, 4) is 5.75 Å². The number of hydrogen-bond acceptors (Lipinski definition) is 7. The Morgan fingerprint density at radius 2 is 2.03 bits per heavy atom. The zero-order valence-electron chi connectivity index (χ0n) is 18.2. The minimum absolute atomic E-state index is 0.0164. The number of aromatic hydroxyl groups is 1. The lowest BCUT2D eigenvalue weighted by Gasteiger charge is -2.15. The molecule has 1 atom stereocenters. The van der Waals surface area contributed by atoms with Crippen LogP contribution in [0.25, 0.3) is 10.9 Å². The third-order valence-corrected chi connectivity index (χ3v) is 5.25. The maximum absolute atomic E-state index is 12.7. The molecule has 3 aromatic rings. The van der Waals surface area contributed by atoms with Gasteiger partial charge in [-0.05, 0) is 49.6 Å². The number of benzene rings is 1. The average Bonchev–Trinajstić information content (AvgIpc) is 2.79. The predicted molar refractivity (Wildman–Crippen MR) is 120 cm³/mol. The summed E-state index contributed by atoms with van der Waals surface area (Å²) in [4.78, 5) is 21.4. The molecule has 2 aromatic heterocycles. The van der Waals surface area contributed by atoms with Gasteiger partial charge in [0.25, 0.3) is 0 Å². The van der Waals surface area contributed by atoms with Crippen LogP contribution in [0.1, 0.15) is 55.6 Å². The number of pyridine rings is 2. The van der Waals surface area contributed by atoms with Crippen molar-refractivity contribution in [2.75, 3.05) is 6.61 Å². The highest BCUT2D eigenvalue weighted by Gasteiger charge is 2.18. The molecule has 0 radical (unpaired) electrons. The van der Waals surface area contributed by atoms with E-state index in [0.717, 1.165) is 25.7 Å². The molecule has 0 aliphatic carbocycles. The molecule has 1 aromatic carbocycles. The fourth-order valence-corrected chi connectivity index (χ4v) is 3.30. The summed E-state index contributed by atoms with van der Waals surface area (Å²) in [5.74, 6) is 0.406. The van der Waals surface area contributed by atoms with Gasteiger partial charge in [-0.25, -0.2) is 14.8 Å². The van der Waals surface area contributed by atoms with Crippen LogP contribution in [0.3, 0.4) is 0 Å². The Kier molecular flexibility index (Phi) is 7.65. The summed E-state index contributed by atoms with van der Waals surface area (Å²) in [5.41, 5.74) is 1.79. The summed E-state index contributed by atoms with van der Waals surface area (Å²) >= 11 is 0. The van der Waals surface area contributed by atoms with Crippen molar-refractivity contribution in [2.45, 2.75) is 46.5 Å². The Bertz CT molecular complexity index is 1070. The number of unbranched alkanes of at least 4 members (excludes halogenated alkanes) is 1. The Labute approximate surface area is 182 Å². The Morgan fingerprint density at radius 1 is 1.19 bits per heavy atom. The molecule has 7 heteroatoms. The quantitative estimate of drug-likeness (QED) is 0.318. The number of carbonyl (C=O) groups is 1. The van der Waals surface area contributed by atoms with Crippen molar-refractivity contribution < 1.29 is 14.6 Å². The van der Waals surface area contributed by atoms with Crippen molar-refractivity contribution in [3.05, 3.63) is 53.9 Å². The van der Waals surface area contributed by atoms with Crippen LogP contribution in [0, 0.1) is 12.8 Å². The maximum Gasteiger partial charge on any atom is 0.340 e. The highest BCUT2D eigenvalue weighted by molar-refractivity contribution is 6.00. The first-order valence-electron chi connectivity index (χ1n) is 10.7. The lowest BCUT2D eigenvalue weighted by atomic mass is 10.0. The predicted octanol–water partition coefficient (Wildman–Crippen LogP) is 6.43. The third-order valence-electron chi connectivity index (χ3n) is 5.25. The van der Waals surface area contributed by atoms with Gasteiger partial charge in [-0.15, -0.1) is 10.2 Å². The zero-order chi connectivity index (χ0) is 22.2. The van der Waals surface area contributed by atoms with E-state index in [-0.39, 0.29) is 5.75 Å². The van der Waals surface area contributed by atoms with Gasteiger partial charge in [-0.2, -0.15) is 0 Å². The summed E-state index contributed by atoms with van der Waals surface area (Å²) in [6.07, 6.45) is 5.89. The molecule has 7 nitrogen and oxygen atoms in total. The summed E-state index contributed by atoms with van der Waals surface area (Å²) in [6, 6.07) is 10.1. The van der Waals surface area contributed by atoms with E-state index in [0.29, 0.717) is 46.2 Å². The van der Waals surface area contributed by atoms with Gasteiger partial charge < -0.3 is 9.84 Å². The van der Waals surface area contributed by atoms with Gasteiger partial charge in [0.15, 0.2) is 5.82 Å². The average molecular weight is 421 g/mol. The van der Waals surface area contributed by atoms with Crippen LogP contribution in [-0.2, 0) is 4.74 Å². The molecule has 0 saturated heterocycles. The molecular formula is C24H28N4O3. The first-order chi connectivity index (χ1) is 15.0. The van der Waals surface area contributed by atoms with Gasteiger partial charge in [0, 0.05) is 11.6 Å². The number of azo groups is 1. The molecule has 0 aliphatic rings. The number of hydrogen-bond donors (Lipinski definition) is 1. The molecule has 0 amide bonds. The van der Waals surface area contributed by atoms with Crippen molar-refractivity contribution in [2.24, 2.45) is 16.1 Å². The number of nitrogens with zero attached hydrogens (tertiary/aromatic N) is 4. The molecule has 2 heterocycles. The highest BCUT2D eigenvalue weighted by atomic mass is 16.5. The van der Waals surface area contributed by atoms with Gasteiger partial charge in [0.05, 0.1) is 17.9 Å². The number of carbonyl (C=O) groups excluding carboxylic acids is 1. The van der Waals surface area contributed by atoms with Gasteiger partial charge >= 0.3 is 5.97 Å². The Morgan fingerprint density at radius 3 is 2.74 bits per heavy atom. The van der Waals surface area contributed by atoms with E-state index in [1.54, 1.807) is 37.4 Å². The van der Waals surface area contributed by atoms with Gasteiger partial charge in [-0.1, -0.05) is 39.2 Å². The van der Waals surface area contributed by atoms with E-state index in [1.165, 1.54) is 6.07 Å². The van der Waals surface area contributed by atoms with Crippen molar-refractivity contribution in [3.63, 3.8) is 0 Å². The van der Waals surface area contributed by atoms with E-state index in [4.69, 9.17) is 4.74 Å². The molecule has 31 heavy (non-hydrogen) atoms. The number of rotatable bonds is 9. The molecule has 1 unspecified atom stereocenters. The molecule has 1 N–H and O–H groups in total. The fourth-order valence-electron chi connectivity index (χ4n) is 3.30. The van der Waals surface area contributed by atoms with Crippen LogP contribution in [0.2, 0.25) is 0 Å². The number of aryl methyl sites for hydroxylation is 1. The van der Waals surface area contributed by atoms with Crippen molar-refractivity contribution >= 4 is 28.4 Å². The Balaban J connectivity index is 1.86. The van der Waals surface area contributed by atoms with Crippen LogP contribution >= 0.6 is 0 Å². The van der Waals surface area contributed by atoms with E-state index in [2.05, 4.69) is 34.0 Å². The van der Waals surface area contributed by atoms with Crippen LogP contribution < -0.4 is 0 Å². The third kappa shape index (κ3) is 5.63. The maximum atomic E-state index is 12.7. The standard InChI is InChI=1S/C24H28N4O3/c1-4-6-9-17(5-2)15-31-24(30)18-14-19-21(29)12-11-20(23(19)26-16(18)3)27-28-22-10-7-8-13-25-22/h7-8,10-14,17,29H,4-6,9,15H2,1-3H3. The topological polar surface area (TPSA) is 97.0 Å². The van der Waals surface area contributed by atoms with E-state index in [1.807, 2.05) is 6.07 Å². The minimum Gasteiger partial charge on any atom is -0.507 e. The molecule has 0 bridgehead atoms. The SMILES string of the molecule is CCCCC(CC)COC(=O)c1cc2c(O)ccc(N=Nc3ccccn3)c2nc1C. The molecule has 0 aliphatic heterocycles. The number of ether oxygens (including phenoxy) is 1. The smallest absolute Gasteiger partial charge is 0.340 e. The second kappa shape index (κ2) is 10.6. The van der Waals surface area contributed by atoms with Gasteiger partial charge in [0.2, 0.25) is 0 Å². The van der Waals surface area contributed by atoms with E-state index >= 15 is 0 Å². The molecule has 0 spiro atoms. The van der Waals surface area contributed by atoms with Gasteiger partial charge in [-0.3, -0.25) is 0 Å². The van der Waals surface area contributed by atoms with E-state index < -0.39 is 5.97 Å². The van der Waals surface area contributed by atoms with Crippen LogP contribution in [0.4, 0.5) is 11.5 Å². The fraction of sp³-hybridized carbons (Fsp3) is 0.375. The monoisotopic (exact) mass is 420 g/mol. The van der Waals surface area contributed by atoms with Crippen molar-refractivity contribution in [1.29, 1.82) is 0 Å². The number of phenols is 1. The largest absolute Gasteiger partial charge is 0.507 e. The number of fused-ring (bicyclic) bond motifs is 1. The second-order valence-electron chi connectivity index (χ2n) is 7.52. The first-order valence-corrected chi connectivity index (χ1v) is 10.7.